The number of rotatable bonds is 6. The predicted molar refractivity (Wildman–Crippen MR) is 116 cm³/mol. The van der Waals surface area contributed by atoms with E-state index < -0.39 is 5.56 Å². The van der Waals surface area contributed by atoms with Crippen molar-refractivity contribution in [1.82, 2.24) is 9.78 Å². The lowest BCUT2D eigenvalue weighted by Crippen LogP contribution is -2.26. The van der Waals surface area contributed by atoms with E-state index in [2.05, 4.69) is 5.10 Å². The summed E-state index contributed by atoms with van der Waals surface area (Å²) in [5.41, 5.74) is 2.78. The molecular weight excluding hydrogens is 413 g/mol. The first-order valence-electron chi connectivity index (χ1n) is 8.82. The highest BCUT2D eigenvalue weighted by Gasteiger charge is 2.16. The van der Waals surface area contributed by atoms with Crippen molar-refractivity contribution in [2.45, 2.75) is 13.5 Å². The molecule has 3 rings (SSSR count). The number of halogens is 2. The number of hydrogen-bond acceptors (Lipinski definition) is 5. The Morgan fingerprint density at radius 1 is 1.07 bits per heavy atom. The molecule has 0 radical (unpaired) electrons. The van der Waals surface area contributed by atoms with Crippen LogP contribution < -0.4 is 19.9 Å². The Morgan fingerprint density at radius 3 is 2.31 bits per heavy atom. The molecule has 3 aromatic rings. The highest BCUT2D eigenvalue weighted by Crippen LogP contribution is 2.32. The van der Waals surface area contributed by atoms with Gasteiger partial charge in [0, 0.05) is 18.6 Å². The van der Waals surface area contributed by atoms with Crippen LogP contribution >= 0.6 is 23.2 Å². The Kier molecular flexibility index (Phi) is 6.35. The zero-order valence-electron chi connectivity index (χ0n) is 16.6. The van der Waals surface area contributed by atoms with Crippen LogP contribution in [0.4, 0.5) is 5.69 Å². The maximum atomic E-state index is 12.8. The lowest BCUT2D eigenvalue weighted by molar-refractivity contribution is 0.354. The Morgan fingerprint density at radius 2 is 1.69 bits per heavy atom. The van der Waals surface area contributed by atoms with Crippen LogP contribution in [0.1, 0.15) is 11.1 Å². The number of anilines is 1. The van der Waals surface area contributed by atoms with E-state index in [9.17, 15) is 4.79 Å². The van der Waals surface area contributed by atoms with Gasteiger partial charge in [0.2, 0.25) is 0 Å². The summed E-state index contributed by atoms with van der Waals surface area (Å²) >= 11 is 12.3. The molecule has 1 aromatic heterocycles. The van der Waals surface area contributed by atoms with E-state index in [-0.39, 0.29) is 5.02 Å². The van der Waals surface area contributed by atoms with Crippen LogP contribution in [0.15, 0.2) is 47.4 Å². The van der Waals surface area contributed by atoms with Crippen LogP contribution in [0.5, 0.6) is 11.5 Å². The number of methoxy groups -OCH3 is 2. The molecule has 0 spiro atoms. The van der Waals surface area contributed by atoms with Crippen molar-refractivity contribution in [2.75, 3.05) is 26.2 Å². The molecule has 0 bridgehead atoms. The molecule has 152 valence electrons. The Bertz CT molecular complexity index is 1080. The summed E-state index contributed by atoms with van der Waals surface area (Å²) in [5, 5.41) is 4.95. The Labute approximate surface area is 179 Å². The molecule has 1 heterocycles. The molecule has 0 atom stereocenters. The highest BCUT2D eigenvalue weighted by molar-refractivity contribution is 6.33. The number of aromatic nitrogens is 2. The first-order chi connectivity index (χ1) is 13.8. The van der Waals surface area contributed by atoms with Gasteiger partial charge in [-0.05, 0) is 54.4 Å². The van der Waals surface area contributed by atoms with Gasteiger partial charge in [-0.1, -0.05) is 23.2 Å². The Hall–Kier alpha value is -2.70. The molecule has 0 aliphatic heterocycles. The molecule has 0 fully saturated rings. The highest BCUT2D eigenvalue weighted by atomic mass is 35.5. The first-order valence-corrected chi connectivity index (χ1v) is 9.57. The number of ether oxygens (including phenoxy) is 2. The summed E-state index contributed by atoms with van der Waals surface area (Å²) < 4.78 is 12.0. The summed E-state index contributed by atoms with van der Waals surface area (Å²) in [5.74, 6) is 1.31. The molecule has 0 saturated carbocycles. The van der Waals surface area contributed by atoms with Crippen LogP contribution in [-0.2, 0) is 6.54 Å². The van der Waals surface area contributed by atoms with E-state index in [1.807, 2.05) is 31.0 Å². The van der Waals surface area contributed by atoms with Gasteiger partial charge in [0.25, 0.3) is 5.56 Å². The van der Waals surface area contributed by atoms with Crippen LogP contribution in [0.2, 0.25) is 10.0 Å². The lowest BCUT2D eigenvalue weighted by Gasteiger charge is -2.22. The molecule has 2 aromatic carbocycles. The number of aryl methyl sites for hydroxylation is 1. The van der Waals surface area contributed by atoms with Gasteiger partial charge in [-0.15, -0.1) is 0 Å². The largest absolute Gasteiger partial charge is 0.493 e. The molecule has 0 aliphatic rings. The lowest BCUT2D eigenvalue weighted by atomic mass is 10.1. The Balaban J connectivity index is 1.92. The zero-order valence-corrected chi connectivity index (χ0v) is 18.1. The molecule has 0 saturated heterocycles. The second kappa shape index (κ2) is 8.76. The van der Waals surface area contributed by atoms with Gasteiger partial charge in [0.05, 0.1) is 31.8 Å². The number of nitrogens with zero attached hydrogens (tertiary/aromatic N) is 3. The van der Waals surface area contributed by atoms with Gasteiger partial charge in [-0.2, -0.15) is 9.78 Å². The van der Waals surface area contributed by atoms with E-state index in [0.29, 0.717) is 34.4 Å². The first kappa shape index (κ1) is 21.0. The second-order valence-corrected chi connectivity index (χ2v) is 7.34. The SMILES string of the molecule is COc1cc(C)c(CN(C)c2cnn(-c3ccc(Cl)cc3)c(=O)c2Cl)cc1OC. The van der Waals surface area contributed by atoms with E-state index in [0.717, 1.165) is 11.1 Å². The van der Waals surface area contributed by atoms with Crippen LogP contribution in [0.25, 0.3) is 5.69 Å². The van der Waals surface area contributed by atoms with Gasteiger partial charge >= 0.3 is 0 Å². The molecule has 0 amide bonds. The summed E-state index contributed by atoms with van der Waals surface area (Å²) in [7, 11) is 5.05. The van der Waals surface area contributed by atoms with E-state index >= 15 is 0 Å². The van der Waals surface area contributed by atoms with Crippen molar-refractivity contribution in [2.24, 2.45) is 0 Å². The molecule has 8 heteroatoms. The monoisotopic (exact) mass is 433 g/mol. The summed E-state index contributed by atoms with van der Waals surface area (Å²) in [4.78, 5) is 14.6. The van der Waals surface area contributed by atoms with E-state index in [4.69, 9.17) is 32.7 Å². The van der Waals surface area contributed by atoms with Crippen molar-refractivity contribution >= 4 is 28.9 Å². The van der Waals surface area contributed by atoms with Gasteiger partial charge in [-0.3, -0.25) is 4.79 Å². The van der Waals surface area contributed by atoms with Crippen LogP contribution in [0, 0.1) is 6.92 Å². The summed E-state index contributed by atoms with van der Waals surface area (Å²) in [6.07, 6.45) is 1.58. The topological polar surface area (TPSA) is 56.6 Å². The summed E-state index contributed by atoms with van der Waals surface area (Å²) in [6, 6.07) is 10.6. The third kappa shape index (κ3) is 4.33. The van der Waals surface area contributed by atoms with Crippen molar-refractivity contribution in [1.29, 1.82) is 0 Å². The minimum atomic E-state index is -0.401. The maximum absolute atomic E-state index is 12.8. The van der Waals surface area contributed by atoms with Gasteiger partial charge in [0.15, 0.2) is 11.5 Å². The minimum Gasteiger partial charge on any atom is -0.493 e. The standard InChI is InChI=1S/C21H21Cl2N3O3/c1-13-9-18(28-3)19(29-4)10-14(13)12-25(2)17-11-24-26(21(27)20(17)23)16-7-5-15(22)6-8-16/h5-11H,12H2,1-4H3. The molecule has 29 heavy (non-hydrogen) atoms. The zero-order chi connectivity index (χ0) is 21.1. The van der Waals surface area contributed by atoms with Crippen LogP contribution in [0.3, 0.4) is 0 Å². The fraction of sp³-hybridized carbons (Fsp3) is 0.238. The molecule has 0 N–H and O–H groups in total. The fourth-order valence-corrected chi connectivity index (χ4v) is 3.39. The second-order valence-electron chi connectivity index (χ2n) is 6.53. The molecule has 6 nitrogen and oxygen atoms in total. The number of hydrogen-bond donors (Lipinski definition) is 0. The van der Waals surface area contributed by atoms with Crippen molar-refractivity contribution in [3.8, 4) is 17.2 Å². The van der Waals surface area contributed by atoms with Crippen molar-refractivity contribution in [3.05, 3.63) is 74.1 Å². The van der Waals surface area contributed by atoms with E-state index in [1.165, 1.54) is 4.68 Å². The van der Waals surface area contributed by atoms with Gasteiger partial charge in [0.1, 0.15) is 5.02 Å². The predicted octanol–water partition coefficient (Wildman–Crippen LogP) is 4.50. The van der Waals surface area contributed by atoms with Crippen LogP contribution in [-0.4, -0.2) is 31.0 Å². The quantitative estimate of drug-likeness (QED) is 0.572. The molecule has 0 aliphatic carbocycles. The minimum absolute atomic E-state index is 0.0931. The van der Waals surface area contributed by atoms with Crippen molar-refractivity contribution < 1.29 is 9.47 Å². The molecule has 0 unspecified atom stereocenters. The fourth-order valence-electron chi connectivity index (χ4n) is 2.99. The van der Waals surface area contributed by atoms with Crippen molar-refractivity contribution in [3.63, 3.8) is 0 Å². The number of benzene rings is 2. The average molecular weight is 434 g/mol. The smallest absolute Gasteiger partial charge is 0.292 e. The van der Waals surface area contributed by atoms with E-state index in [1.54, 1.807) is 44.7 Å². The average Bonchev–Trinajstić information content (AvgIpc) is 2.71. The summed E-state index contributed by atoms with van der Waals surface area (Å²) in [6.45, 7) is 2.50. The third-order valence-electron chi connectivity index (χ3n) is 4.63. The maximum Gasteiger partial charge on any atom is 0.292 e. The normalized spacial score (nSPS) is 10.7. The van der Waals surface area contributed by atoms with Gasteiger partial charge < -0.3 is 14.4 Å². The van der Waals surface area contributed by atoms with Gasteiger partial charge in [-0.25, -0.2) is 0 Å². The third-order valence-corrected chi connectivity index (χ3v) is 5.24. The molecular formula is C21H21Cl2N3O3.